The van der Waals surface area contributed by atoms with Crippen LogP contribution in [-0.2, 0) is 4.74 Å². The zero-order chi connectivity index (χ0) is 16.4. The lowest BCUT2D eigenvalue weighted by Gasteiger charge is -2.59. The molecule has 0 spiro atoms. The van der Waals surface area contributed by atoms with Gasteiger partial charge in [0.15, 0.2) is 5.96 Å². The van der Waals surface area contributed by atoms with Gasteiger partial charge in [-0.05, 0) is 32.4 Å². The van der Waals surface area contributed by atoms with E-state index in [1.807, 2.05) is 0 Å². The van der Waals surface area contributed by atoms with E-state index in [2.05, 4.69) is 43.3 Å². The average Bonchev–Trinajstić information content (AvgIpc) is 2.91. The first-order chi connectivity index (χ1) is 10.3. The van der Waals surface area contributed by atoms with Crippen LogP contribution in [0.25, 0.3) is 0 Å². The highest BCUT2D eigenvalue weighted by Crippen LogP contribution is 2.51. The fourth-order valence-corrected chi connectivity index (χ4v) is 4.44. The maximum absolute atomic E-state index is 10.4. The second-order valence-corrected chi connectivity index (χ2v) is 8.38. The van der Waals surface area contributed by atoms with E-state index < -0.39 is 5.60 Å². The number of hydrogen-bond donors (Lipinski definition) is 3. The van der Waals surface area contributed by atoms with Crippen molar-refractivity contribution in [3.63, 3.8) is 0 Å². The summed E-state index contributed by atoms with van der Waals surface area (Å²) in [5.74, 6) is 2.61. The summed E-state index contributed by atoms with van der Waals surface area (Å²) in [6.45, 7) is 9.94. The van der Waals surface area contributed by atoms with Crippen LogP contribution in [0.2, 0.25) is 0 Å². The monoisotopic (exact) mass is 329 g/mol. The van der Waals surface area contributed by atoms with Gasteiger partial charge in [-0.15, -0.1) is 0 Å². The number of nitrogens with one attached hydrogen (secondary N) is 2. The number of thioether (sulfide) groups is 1. The van der Waals surface area contributed by atoms with Crippen LogP contribution in [0.1, 0.15) is 40.5 Å². The average molecular weight is 330 g/mol. The van der Waals surface area contributed by atoms with Crippen LogP contribution in [0.15, 0.2) is 4.99 Å². The van der Waals surface area contributed by atoms with E-state index in [4.69, 9.17) is 4.74 Å². The molecule has 0 amide bonds. The van der Waals surface area contributed by atoms with Crippen molar-refractivity contribution in [3.05, 3.63) is 0 Å². The molecule has 22 heavy (non-hydrogen) atoms. The number of methoxy groups -OCH3 is 1. The molecule has 0 bridgehead atoms. The van der Waals surface area contributed by atoms with Crippen molar-refractivity contribution in [3.8, 4) is 0 Å². The van der Waals surface area contributed by atoms with Gasteiger partial charge in [-0.1, -0.05) is 13.8 Å². The standard InChI is InChI=1S/C16H31N3O2S/c1-6-17-13(18-10-16(20)7-8-22-11-16)19-12-9-15(4,21-5)14(12,2)3/h12,20H,6-11H2,1-5H3,(H2,17,18,19). The minimum atomic E-state index is -0.636. The summed E-state index contributed by atoms with van der Waals surface area (Å²) in [5, 5.41) is 17.2. The molecule has 1 aliphatic heterocycles. The predicted octanol–water partition coefficient (Wildman–Crippen LogP) is 1.61. The number of aliphatic imine (C=N–C) groups is 1. The van der Waals surface area contributed by atoms with Gasteiger partial charge in [0.05, 0.1) is 17.7 Å². The van der Waals surface area contributed by atoms with Crippen molar-refractivity contribution in [2.45, 2.75) is 57.8 Å². The molecule has 1 heterocycles. The van der Waals surface area contributed by atoms with Crippen molar-refractivity contribution in [2.75, 3.05) is 31.7 Å². The molecule has 1 aliphatic carbocycles. The second-order valence-electron chi connectivity index (χ2n) is 7.28. The van der Waals surface area contributed by atoms with E-state index in [-0.39, 0.29) is 11.0 Å². The van der Waals surface area contributed by atoms with Crippen molar-refractivity contribution in [1.82, 2.24) is 10.6 Å². The minimum Gasteiger partial charge on any atom is -0.387 e. The van der Waals surface area contributed by atoms with E-state index in [0.29, 0.717) is 12.6 Å². The Hall–Kier alpha value is -0.460. The molecule has 3 atom stereocenters. The number of rotatable bonds is 5. The molecule has 1 saturated carbocycles. The summed E-state index contributed by atoms with van der Waals surface area (Å²) in [6.07, 6.45) is 1.79. The van der Waals surface area contributed by atoms with Gasteiger partial charge in [0.2, 0.25) is 0 Å². The molecule has 0 aromatic rings. The predicted molar refractivity (Wildman–Crippen MR) is 93.6 cm³/mol. The Morgan fingerprint density at radius 2 is 2.14 bits per heavy atom. The van der Waals surface area contributed by atoms with Crippen LogP contribution in [-0.4, -0.2) is 60.0 Å². The van der Waals surface area contributed by atoms with Gasteiger partial charge in [-0.3, -0.25) is 4.99 Å². The fraction of sp³-hybridized carbons (Fsp3) is 0.938. The van der Waals surface area contributed by atoms with Crippen molar-refractivity contribution >= 4 is 17.7 Å². The molecule has 1 saturated heterocycles. The van der Waals surface area contributed by atoms with Gasteiger partial charge < -0.3 is 20.5 Å². The molecule has 2 rings (SSSR count). The lowest BCUT2D eigenvalue weighted by Crippen LogP contribution is -2.69. The number of nitrogens with zero attached hydrogens (tertiary/aromatic N) is 1. The molecule has 6 heteroatoms. The smallest absolute Gasteiger partial charge is 0.191 e. The first-order valence-electron chi connectivity index (χ1n) is 8.16. The highest BCUT2D eigenvalue weighted by atomic mass is 32.2. The molecular formula is C16H31N3O2S. The van der Waals surface area contributed by atoms with Gasteiger partial charge in [-0.2, -0.15) is 11.8 Å². The van der Waals surface area contributed by atoms with Crippen molar-refractivity contribution in [2.24, 2.45) is 10.4 Å². The lowest BCUT2D eigenvalue weighted by atomic mass is 9.56. The van der Waals surface area contributed by atoms with Gasteiger partial charge in [-0.25, -0.2) is 0 Å². The molecule has 2 aliphatic rings. The van der Waals surface area contributed by atoms with Crippen LogP contribution < -0.4 is 10.6 Å². The molecule has 3 N–H and O–H groups in total. The molecular weight excluding hydrogens is 298 g/mol. The Morgan fingerprint density at radius 1 is 1.41 bits per heavy atom. The molecule has 0 aromatic heterocycles. The third-order valence-corrected chi connectivity index (χ3v) is 6.78. The Bertz CT molecular complexity index is 422. The van der Waals surface area contributed by atoms with Gasteiger partial charge in [0.1, 0.15) is 0 Å². The van der Waals surface area contributed by atoms with E-state index in [9.17, 15) is 5.11 Å². The third-order valence-electron chi connectivity index (χ3n) is 5.55. The SMILES string of the molecule is CCNC(=NCC1(O)CCSC1)NC1CC(C)(OC)C1(C)C. The van der Waals surface area contributed by atoms with E-state index in [1.165, 1.54) is 0 Å². The Kier molecular flexibility index (Phi) is 5.34. The van der Waals surface area contributed by atoms with Crippen LogP contribution in [0.4, 0.5) is 0 Å². The van der Waals surface area contributed by atoms with E-state index in [1.54, 1.807) is 18.9 Å². The molecule has 2 fully saturated rings. The number of guanidine groups is 1. The Morgan fingerprint density at radius 3 is 2.64 bits per heavy atom. The van der Waals surface area contributed by atoms with Crippen molar-refractivity contribution in [1.29, 1.82) is 0 Å². The maximum Gasteiger partial charge on any atom is 0.191 e. The van der Waals surface area contributed by atoms with Crippen LogP contribution in [0, 0.1) is 5.41 Å². The maximum atomic E-state index is 10.4. The summed E-state index contributed by atoms with van der Waals surface area (Å²) >= 11 is 1.80. The van der Waals surface area contributed by atoms with Crippen molar-refractivity contribution < 1.29 is 9.84 Å². The van der Waals surface area contributed by atoms with Gasteiger partial charge in [0, 0.05) is 30.9 Å². The van der Waals surface area contributed by atoms with E-state index >= 15 is 0 Å². The van der Waals surface area contributed by atoms with E-state index in [0.717, 1.165) is 36.9 Å². The normalized spacial score (nSPS) is 37.7. The summed E-state index contributed by atoms with van der Waals surface area (Å²) in [7, 11) is 1.78. The highest BCUT2D eigenvalue weighted by molar-refractivity contribution is 7.99. The quantitative estimate of drug-likeness (QED) is 0.528. The molecule has 0 aromatic carbocycles. The first kappa shape index (κ1) is 17.9. The number of hydrogen-bond acceptors (Lipinski definition) is 4. The largest absolute Gasteiger partial charge is 0.387 e. The zero-order valence-electron chi connectivity index (χ0n) is 14.5. The molecule has 5 nitrogen and oxygen atoms in total. The third kappa shape index (κ3) is 3.39. The number of ether oxygens (including phenoxy) is 1. The summed E-state index contributed by atoms with van der Waals surface area (Å²) in [5.41, 5.74) is -0.691. The van der Waals surface area contributed by atoms with Gasteiger partial charge in [0.25, 0.3) is 0 Å². The second kappa shape index (κ2) is 6.57. The first-order valence-corrected chi connectivity index (χ1v) is 9.32. The lowest BCUT2D eigenvalue weighted by molar-refractivity contribution is -0.176. The Labute approximate surface area is 138 Å². The van der Waals surface area contributed by atoms with Crippen LogP contribution in [0.3, 0.4) is 0 Å². The molecule has 0 radical (unpaired) electrons. The summed E-state index contributed by atoms with van der Waals surface area (Å²) in [4.78, 5) is 4.62. The number of aliphatic hydroxyl groups is 1. The summed E-state index contributed by atoms with van der Waals surface area (Å²) in [6, 6.07) is 0.322. The molecule has 3 unspecified atom stereocenters. The molecule has 128 valence electrons. The van der Waals surface area contributed by atoms with Gasteiger partial charge >= 0.3 is 0 Å². The zero-order valence-corrected chi connectivity index (χ0v) is 15.3. The fourth-order valence-electron chi connectivity index (χ4n) is 3.16. The minimum absolute atomic E-state index is 0.0397. The van der Waals surface area contributed by atoms with Crippen LogP contribution >= 0.6 is 11.8 Å². The summed E-state index contributed by atoms with van der Waals surface area (Å²) < 4.78 is 5.67. The topological polar surface area (TPSA) is 65.9 Å². The van der Waals surface area contributed by atoms with Crippen LogP contribution in [0.5, 0.6) is 0 Å². The Balaban J connectivity index is 1.98. The highest BCUT2D eigenvalue weighted by Gasteiger charge is 2.58.